The third-order valence-electron chi connectivity index (χ3n) is 3.45. The molecule has 0 N–H and O–H groups in total. The van der Waals surface area contributed by atoms with E-state index in [1.807, 2.05) is 35.7 Å². The fourth-order valence-electron chi connectivity index (χ4n) is 2.38. The van der Waals surface area contributed by atoms with Gasteiger partial charge in [0.25, 0.3) is 0 Å². The second kappa shape index (κ2) is 7.31. The number of anilines is 1. The van der Waals surface area contributed by atoms with Crippen LogP contribution in [0.3, 0.4) is 0 Å². The van der Waals surface area contributed by atoms with Crippen molar-refractivity contribution in [3.8, 4) is 5.75 Å². The predicted molar refractivity (Wildman–Crippen MR) is 87.6 cm³/mol. The topological polar surface area (TPSA) is 15.7 Å². The Kier molecular flexibility index (Phi) is 5.73. The highest BCUT2D eigenvalue weighted by atomic mass is 32.2. The molecule has 1 aliphatic heterocycles. The number of nitrogens with zero attached hydrogens (tertiary/aromatic N) is 2. The molecule has 0 spiro atoms. The maximum atomic E-state index is 5.20. The van der Waals surface area contributed by atoms with E-state index in [1.165, 1.54) is 5.69 Å². The molecule has 1 heterocycles. The molecular formula is C14H22N2OS2. The molecule has 1 fully saturated rings. The first-order valence-electron chi connectivity index (χ1n) is 6.47. The van der Waals surface area contributed by atoms with Crippen LogP contribution in [0.1, 0.15) is 0 Å². The van der Waals surface area contributed by atoms with Crippen molar-refractivity contribution in [1.82, 2.24) is 4.90 Å². The van der Waals surface area contributed by atoms with Crippen molar-refractivity contribution in [3.05, 3.63) is 24.3 Å². The van der Waals surface area contributed by atoms with Crippen LogP contribution in [0.4, 0.5) is 5.69 Å². The van der Waals surface area contributed by atoms with E-state index in [1.54, 1.807) is 7.11 Å². The molecule has 0 amide bonds. The fraction of sp³-hybridized carbons (Fsp3) is 0.571. The van der Waals surface area contributed by atoms with Crippen molar-refractivity contribution >= 4 is 29.2 Å². The number of methoxy groups -OCH3 is 1. The lowest BCUT2D eigenvalue weighted by molar-refractivity contribution is 0.285. The third kappa shape index (κ3) is 3.74. The maximum absolute atomic E-state index is 5.20. The van der Waals surface area contributed by atoms with Crippen LogP contribution in [-0.2, 0) is 0 Å². The summed E-state index contributed by atoms with van der Waals surface area (Å²) in [6.45, 7) is 4.48. The first kappa shape index (κ1) is 14.9. The standard InChI is InChI=1S/C14H22N2OS2/c1-17-13-6-4-12(5-7-13)15-8-10-16(11-9-15)14(18-2)19-3/h4-7,14H,8-11H2,1-3H3. The van der Waals surface area contributed by atoms with E-state index in [0.29, 0.717) is 4.71 Å². The van der Waals surface area contributed by atoms with Crippen molar-refractivity contribution in [2.45, 2.75) is 4.71 Å². The molecule has 19 heavy (non-hydrogen) atoms. The lowest BCUT2D eigenvalue weighted by atomic mass is 10.2. The second-order valence-electron chi connectivity index (χ2n) is 4.50. The maximum Gasteiger partial charge on any atom is 0.119 e. The normalized spacial score (nSPS) is 16.9. The molecule has 0 aliphatic carbocycles. The smallest absolute Gasteiger partial charge is 0.119 e. The summed E-state index contributed by atoms with van der Waals surface area (Å²) in [6.07, 6.45) is 4.38. The zero-order valence-corrected chi connectivity index (χ0v) is 13.5. The van der Waals surface area contributed by atoms with E-state index in [-0.39, 0.29) is 0 Å². The monoisotopic (exact) mass is 298 g/mol. The van der Waals surface area contributed by atoms with E-state index in [9.17, 15) is 0 Å². The fourth-order valence-corrected chi connectivity index (χ4v) is 4.17. The van der Waals surface area contributed by atoms with E-state index in [2.05, 4.69) is 34.4 Å². The van der Waals surface area contributed by atoms with E-state index < -0.39 is 0 Å². The number of hydrogen-bond acceptors (Lipinski definition) is 5. The van der Waals surface area contributed by atoms with Gasteiger partial charge in [0, 0.05) is 31.9 Å². The molecule has 5 heteroatoms. The van der Waals surface area contributed by atoms with Gasteiger partial charge < -0.3 is 9.64 Å². The largest absolute Gasteiger partial charge is 0.497 e. The first-order chi connectivity index (χ1) is 9.28. The molecule has 0 unspecified atom stereocenters. The van der Waals surface area contributed by atoms with Gasteiger partial charge in [-0.05, 0) is 36.8 Å². The minimum absolute atomic E-state index is 0.595. The molecule has 0 saturated carbocycles. The Labute approximate surface area is 124 Å². The summed E-state index contributed by atoms with van der Waals surface area (Å²) in [6, 6.07) is 8.37. The van der Waals surface area contributed by atoms with Crippen LogP contribution in [0, 0.1) is 0 Å². The quantitative estimate of drug-likeness (QED) is 0.775. The number of hydrogen-bond donors (Lipinski definition) is 0. The Hall–Kier alpha value is -0.520. The molecule has 3 nitrogen and oxygen atoms in total. The third-order valence-corrected chi connectivity index (χ3v) is 6.01. The summed E-state index contributed by atoms with van der Waals surface area (Å²) in [5.41, 5.74) is 1.30. The minimum Gasteiger partial charge on any atom is -0.497 e. The van der Waals surface area contributed by atoms with Gasteiger partial charge in [-0.25, -0.2) is 0 Å². The predicted octanol–water partition coefficient (Wildman–Crippen LogP) is 2.83. The lowest BCUT2D eigenvalue weighted by Crippen LogP contribution is -2.48. The molecule has 1 aromatic rings. The van der Waals surface area contributed by atoms with Gasteiger partial charge in [-0.15, -0.1) is 23.5 Å². The van der Waals surface area contributed by atoms with Gasteiger partial charge in [0.1, 0.15) is 10.5 Å². The number of benzene rings is 1. The van der Waals surface area contributed by atoms with Crippen LogP contribution in [0.15, 0.2) is 24.3 Å². The SMILES string of the molecule is COc1ccc(N2CCN(C(SC)SC)CC2)cc1. The Morgan fingerprint density at radius 3 is 2.05 bits per heavy atom. The number of piperazine rings is 1. The average molecular weight is 298 g/mol. The van der Waals surface area contributed by atoms with Crippen molar-refractivity contribution in [2.75, 3.05) is 50.7 Å². The lowest BCUT2D eigenvalue weighted by Gasteiger charge is -2.39. The average Bonchev–Trinajstić information content (AvgIpc) is 2.49. The van der Waals surface area contributed by atoms with Crippen LogP contribution < -0.4 is 9.64 Å². The number of ether oxygens (including phenoxy) is 1. The molecule has 0 atom stereocenters. The van der Waals surface area contributed by atoms with Gasteiger partial charge in [-0.2, -0.15) is 0 Å². The Morgan fingerprint density at radius 2 is 1.58 bits per heavy atom. The summed E-state index contributed by atoms with van der Waals surface area (Å²) in [5.74, 6) is 0.923. The molecular weight excluding hydrogens is 276 g/mol. The summed E-state index contributed by atoms with van der Waals surface area (Å²) in [4.78, 5) is 5.02. The van der Waals surface area contributed by atoms with Crippen molar-refractivity contribution in [3.63, 3.8) is 0 Å². The molecule has 2 rings (SSSR count). The Morgan fingerprint density at radius 1 is 1.00 bits per heavy atom. The number of rotatable bonds is 5. The molecule has 0 radical (unpaired) electrons. The van der Waals surface area contributed by atoms with Crippen LogP contribution in [0.5, 0.6) is 5.75 Å². The van der Waals surface area contributed by atoms with Gasteiger partial charge in [-0.1, -0.05) is 0 Å². The highest BCUT2D eigenvalue weighted by Crippen LogP contribution is 2.26. The minimum atomic E-state index is 0.595. The summed E-state index contributed by atoms with van der Waals surface area (Å²) < 4.78 is 5.80. The molecule has 1 aliphatic rings. The van der Waals surface area contributed by atoms with E-state index >= 15 is 0 Å². The highest BCUT2D eigenvalue weighted by molar-refractivity contribution is 8.16. The van der Waals surface area contributed by atoms with Crippen molar-refractivity contribution in [2.24, 2.45) is 0 Å². The van der Waals surface area contributed by atoms with Crippen LogP contribution >= 0.6 is 23.5 Å². The van der Waals surface area contributed by atoms with Gasteiger partial charge >= 0.3 is 0 Å². The zero-order chi connectivity index (χ0) is 13.7. The molecule has 0 aromatic heterocycles. The van der Waals surface area contributed by atoms with Gasteiger partial charge in [0.15, 0.2) is 0 Å². The summed E-state index contributed by atoms with van der Waals surface area (Å²) >= 11 is 3.86. The van der Waals surface area contributed by atoms with Gasteiger partial charge in [0.2, 0.25) is 0 Å². The summed E-state index contributed by atoms with van der Waals surface area (Å²) in [7, 11) is 1.71. The first-order valence-corrected chi connectivity index (χ1v) is 9.04. The van der Waals surface area contributed by atoms with Gasteiger partial charge in [-0.3, -0.25) is 4.90 Å². The van der Waals surface area contributed by atoms with E-state index in [4.69, 9.17) is 4.74 Å². The van der Waals surface area contributed by atoms with Crippen LogP contribution in [-0.4, -0.2) is 55.4 Å². The Bertz CT molecular complexity index is 374. The van der Waals surface area contributed by atoms with Crippen LogP contribution in [0.25, 0.3) is 0 Å². The van der Waals surface area contributed by atoms with Crippen molar-refractivity contribution in [1.29, 1.82) is 0 Å². The van der Waals surface area contributed by atoms with E-state index in [0.717, 1.165) is 31.9 Å². The van der Waals surface area contributed by atoms with Crippen molar-refractivity contribution < 1.29 is 4.74 Å². The molecule has 106 valence electrons. The van der Waals surface area contributed by atoms with Gasteiger partial charge in [0.05, 0.1) is 7.11 Å². The Balaban J connectivity index is 1.91. The van der Waals surface area contributed by atoms with Crippen LogP contribution in [0.2, 0.25) is 0 Å². The highest BCUT2D eigenvalue weighted by Gasteiger charge is 2.22. The molecule has 1 saturated heterocycles. The second-order valence-corrected chi connectivity index (χ2v) is 6.63. The molecule has 0 bridgehead atoms. The molecule has 1 aromatic carbocycles. The summed E-state index contributed by atoms with van der Waals surface area (Å²) in [5, 5.41) is 0. The number of thioether (sulfide) groups is 2. The zero-order valence-electron chi connectivity index (χ0n) is 11.8.